The summed E-state index contributed by atoms with van der Waals surface area (Å²) in [4.78, 5) is 8.25. The van der Waals surface area contributed by atoms with E-state index in [0.29, 0.717) is 6.54 Å². The second-order valence-electron chi connectivity index (χ2n) is 8.86. The Bertz CT molecular complexity index is 1210. The molecule has 1 aliphatic heterocycles. The molecule has 1 saturated heterocycles. The first-order valence-corrected chi connectivity index (χ1v) is 12.7. The lowest BCUT2D eigenvalue weighted by Gasteiger charge is -2.40. The van der Waals surface area contributed by atoms with Gasteiger partial charge >= 0.3 is 0 Å². The molecule has 8 nitrogen and oxygen atoms in total. The summed E-state index contributed by atoms with van der Waals surface area (Å²) < 4.78 is 7.56. The van der Waals surface area contributed by atoms with Crippen LogP contribution in [0.2, 0.25) is 0 Å². The molecule has 2 aromatic carbocycles. The second kappa shape index (κ2) is 10.5. The summed E-state index contributed by atoms with van der Waals surface area (Å²) >= 11 is 1.73. The second-order valence-corrected chi connectivity index (χ2v) is 9.89. The minimum absolute atomic E-state index is 0.0269. The van der Waals surface area contributed by atoms with Crippen molar-refractivity contribution in [1.82, 2.24) is 25.1 Å². The summed E-state index contributed by atoms with van der Waals surface area (Å²) in [5, 5.41) is 15.1. The van der Waals surface area contributed by atoms with Gasteiger partial charge in [0.2, 0.25) is 0 Å². The van der Waals surface area contributed by atoms with Crippen LogP contribution in [0, 0.1) is 0 Å². The van der Waals surface area contributed by atoms with Gasteiger partial charge < -0.3 is 14.5 Å². The van der Waals surface area contributed by atoms with Gasteiger partial charge in [-0.2, -0.15) is 0 Å². The zero-order valence-electron chi connectivity index (χ0n) is 20.4. The monoisotopic (exact) mass is 489 g/mol. The SMILES string of the molecule is COc1ccccc1N1CCN([C@@H](c2ccc(N(C)C)cc2)c2nnnn2Cc2cccs2)CC1. The number of hydrogen-bond acceptors (Lipinski definition) is 8. The van der Waals surface area contributed by atoms with E-state index in [9.17, 15) is 0 Å². The Morgan fingerprint density at radius 2 is 1.74 bits per heavy atom. The Morgan fingerprint density at radius 3 is 2.43 bits per heavy atom. The predicted molar refractivity (Wildman–Crippen MR) is 141 cm³/mol. The first kappa shape index (κ1) is 23.3. The molecule has 5 rings (SSSR count). The molecule has 1 aliphatic rings. The fourth-order valence-corrected chi connectivity index (χ4v) is 5.35. The lowest BCUT2D eigenvalue weighted by atomic mass is 10.0. The molecule has 1 atom stereocenters. The maximum Gasteiger partial charge on any atom is 0.173 e. The third-order valence-electron chi connectivity index (χ3n) is 6.52. The fourth-order valence-electron chi connectivity index (χ4n) is 4.66. The number of aromatic nitrogens is 4. The summed E-state index contributed by atoms with van der Waals surface area (Å²) in [5.74, 6) is 1.79. The van der Waals surface area contributed by atoms with E-state index >= 15 is 0 Å². The van der Waals surface area contributed by atoms with E-state index in [-0.39, 0.29) is 6.04 Å². The van der Waals surface area contributed by atoms with Crippen LogP contribution in [-0.2, 0) is 6.54 Å². The van der Waals surface area contributed by atoms with Gasteiger partial charge in [0.25, 0.3) is 0 Å². The normalized spacial score (nSPS) is 15.2. The van der Waals surface area contributed by atoms with Crippen molar-refractivity contribution in [2.45, 2.75) is 12.6 Å². The largest absolute Gasteiger partial charge is 0.495 e. The fraction of sp³-hybridized carbons (Fsp3) is 0.346. The van der Waals surface area contributed by atoms with Crippen LogP contribution in [0.4, 0.5) is 11.4 Å². The molecule has 0 amide bonds. The first-order valence-electron chi connectivity index (χ1n) is 11.8. The molecular formula is C26H31N7OS. The highest BCUT2D eigenvalue weighted by atomic mass is 32.1. The van der Waals surface area contributed by atoms with Crippen molar-refractivity contribution in [3.05, 3.63) is 82.3 Å². The van der Waals surface area contributed by atoms with E-state index in [1.165, 1.54) is 16.1 Å². The van der Waals surface area contributed by atoms with Crippen molar-refractivity contribution < 1.29 is 4.74 Å². The van der Waals surface area contributed by atoms with Crippen molar-refractivity contribution in [3.63, 3.8) is 0 Å². The number of hydrogen-bond donors (Lipinski definition) is 0. The molecule has 3 heterocycles. The molecule has 0 saturated carbocycles. The summed E-state index contributed by atoms with van der Waals surface area (Å²) in [7, 11) is 5.85. The Hall–Kier alpha value is -3.43. The highest BCUT2D eigenvalue weighted by molar-refractivity contribution is 7.09. The molecule has 182 valence electrons. The Kier molecular flexibility index (Phi) is 6.96. The molecule has 0 N–H and O–H groups in total. The number of ether oxygens (including phenoxy) is 1. The molecule has 4 aromatic rings. The molecule has 0 spiro atoms. The zero-order valence-corrected chi connectivity index (χ0v) is 21.2. The average molecular weight is 490 g/mol. The number of nitrogens with zero attached hydrogens (tertiary/aromatic N) is 7. The smallest absolute Gasteiger partial charge is 0.173 e. The van der Waals surface area contributed by atoms with Crippen molar-refractivity contribution in [1.29, 1.82) is 0 Å². The van der Waals surface area contributed by atoms with E-state index in [2.05, 4.69) is 98.2 Å². The van der Waals surface area contributed by atoms with Gasteiger partial charge in [0.1, 0.15) is 5.75 Å². The molecule has 2 aromatic heterocycles. The minimum atomic E-state index is -0.0269. The lowest BCUT2D eigenvalue weighted by Crippen LogP contribution is -2.48. The third-order valence-corrected chi connectivity index (χ3v) is 7.38. The number of thiophene rings is 1. The lowest BCUT2D eigenvalue weighted by molar-refractivity contribution is 0.201. The van der Waals surface area contributed by atoms with Crippen LogP contribution in [0.3, 0.4) is 0 Å². The van der Waals surface area contributed by atoms with Crippen LogP contribution >= 0.6 is 11.3 Å². The number of para-hydroxylation sites is 2. The van der Waals surface area contributed by atoms with Gasteiger partial charge in [0.05, 0.1) is 25.4 Å². The topological polar surface area (TPSA) is 62.6 Å². The maximum atomic E-state index is 5.61. The highest BCUT2D eigenvalue weighted by Gasteiger charge is 2.31. The van der Waals surface area contributed by atoms with Gasteiger partial charge in [-0.15, -0.1) is 16.4 Å². The summed E-state index contributed by atoms with van der Waals surface area (Å²) in [6.07, 6.45) is 0. The molecule has 9 heteroatoms. The highest BCUT2D eigenvalue weighted by Crippen LogP contribution is 2.33. The van der Waals surface area contributed by atoms with E-state index in [1.807, 2.05) is 16.8 Å². The first-order chi connectivity index (χ1) is 17.1. The molecule has 1 fully saturated rings. The van der Waals surface area contributed by atoms with Crippen molar-refractivity contribution >= 4 is 22.7 Å². The van der Waals surface area contributed by atoms with Gasteiger partial charge in [-0.25, -0.2) is 4.68 Å². The Labute approximate surface area is 210 Å². The van der Waals surface area contributed by atoms with Crippen LogP contribution in [0.15, 0.2) is 66.0 Å². The van der Waals surface area contributed by atoms with E-state index in [0.717, 1.165) is 43.4 Å². The van der Waals surface area contributed by atoms with Crippen LogP contribution < -0.4 is 14.5 Å². The van der Waals surface area contributed by atoms with Crippen molar-refractivity contribution in [2.75, 3.05) is 57.2 Å². The van der Waals surface area contributed by atoms with Crippen LogP contribution in [0.25, 0.3) is 0 Å². The number of rotatable bonds is 8. The number of anilines is 2. The maximum absolute atomic E-state index is 5.61. The van der Waals surface area contributed by atoms with Crippen molar-refractivity contribution in [3.8, 4) is 5.75 Å². The average Bonchev–Trinajstić information content (AvgIpc) is 3.58. The van der Waals surface area contributed by atoms with Gasteiger partial charge in [0, 0.05) is 50.8 Å². The molecule has 0 aliphatic carbocycles. The van der Waals surface area contributed by atoms with Crippen LogP contribution in [0.1, 0.15) is 22.3 Å². The van der Waals surface area contributed by atoms with Gasteiger partial charge in [-0.3, -0.25) is 4.90 Å². The summed E-state index contributed by atoms with van der Waals surface area (Å²) in [6.45, 7) is 4.26. The van der Waals surface area contributed by atoms with E-state index < -0.39 is 0 Å². The van der Waals surface area contributed by atoms with Gasteiger partial charge in [0.15, 0.2) is 5.82 Å². The molecule has 0 radical (unpaired) electrons. The van der Waals surface area contributed by atoms with Crippen LogP contribution in [-0.4, -0.2) is 72.5 Å². The Morgan fingerprint density at radius 1 is 0.971 bits per heavy atom. The minimum Gasteiger partial charge on any atom is -0.495 e. The van der Waals surface area contributed by atoms with Gasteiger partial charge in [-0.05, 0) is 51.7 Å². The van der Waals surface area contributed by atoms with Crippen molar-refractivity contribution in [2.24, 2.45) is 0 Å². The molecule has 0 unspecified atom stereocenters. The van der Waals surface area contributed by atoms with E-state index in [1.54, 1.807) is 18.4 Å². The van der Waals surface area contributed by atoms with Gasteiger partial charge in [-0.1, -0.05) is 30.3 Å². The molecule has 35 heavy (non-hydrogen) atoms. The standard InChI is InChI=1S/C26H31N7OS/c1-30(2)21-12-10-20(11-13-21)25(26-27-28-29-33(26)19-22-7-6-18-35-22)32-16-14-31(15-17-32)23-8-4-5-9-24(23)34-3/h4-13,18,25H,14-17,19H2,1-3H3/t25-/m0/s1. The zero-order chi connectivity index (χ0) is 24.2. The number of piperazine rings is 1. The van der Waals surface area contributed by atoms with E-state index in [4.69, 9.17) is 4.74 Å². The summed E-state index contributed by atoms with van der Waals surface area (Å²) in [5.41, 5.74) is 3.51. The molecular weight excluding hydrogens is 458 g/mol. The molecule has 0 bridgehead atoms. The number of benzene rings is 2. The van der Waals surface area contributed by atoms with Crippen LogP contribution in [0.5, 0.6) is 5.75 Å². The summed E-state index contributed by atoms with van der Waals surface area (Å²) in [6, 6.07) is 21.2. The Balaban J connectivity index is 1.43. The quantitative estimate of drug-likeness (QED) is 0.373. The third kappa shape index (κ3) is 5.01. The number of tetrazole rings is 1. The number of methoxy groups -OCH3 is 1. The predicted octanol–water partition coefficient (Wildman–Crippen LogP) is 3.77.